The lowest BCUT2D eigenvalue weighted by atomic mass is 9.93. The quantitative estimate of drug-likeness (QED) is 0.181. The fourth-order valence-electron chi connectivity index (χ4n) is 6.13. The molecule has 2 heterocycles. The molecule has 8 aromatic rings. The van der Waals surface area contributed by atoms with E-state index in [9.17, 15) is 0 Å². The lowest BCUT2D eigenvalue weighted by Crippen LogP contribution is -2.02. The molecule has 0 amide bonds. The molecule has 4 heteroatoms. The van der Waals surface area contributed by atoms with Gasteiger partial charge in [0.15, 0.2) is 17.5 Å². The minimum Gasteiger partial charge on any atom is -0.456 e. The van der Waals surface area contributed by atoms with Crippen LogP contribution in [-0.2, 0) is 0 Å². The van der Waals surface area contributed by atoms with Crippen molar-refractivity contribution in [2.75, 3.05) is 0 Å². The lowest BCUT2D eigenvalue weighted by molar-refractivity contribution is 0.669. The van der Waals surface area contributed by atoms with Crippen LogP contribution in [0.15, 0.2) is 156 Å². The van der Waals surface area contributed by atoms with Crippen LogP contribution in [-0.4, -0.2) is 15.0 Å². The van der Waals surface area contributed by atoms with Gasteiger partial charge in [0.25, 0.3) is 0 Å². The summed E-state index contributed by atoms with van der Waals surface area (Å²) in [6.07, 6.45) is 6.20. The number of hydrogen-bond donors (Lipinski definition) is 0. The van der Waals surface area contributed by atoms with Crippen LogP contribution in [0.5, 0.6) is 0 Å². The van der Waals surface area contributed by atoms with Gasteiger partial charge < -0.3 is 4.42 Å². The number of nitrogens with zero attached hydrogens (tertiary/aromatic N) is 3. The predicted octanol–water partition coefficient (Wildman–Crippen LogP) is 11.0. The Morgan fingerprint density at radius 2 is 1.13 bits per heavy atom. The van der Waals surface area contributed by atoms with Crippen LogP contribution in [0.4, 0.5) is 0 Å². The van der Waals surface area contributed by atoms with E-state index in [-0.39, 0.29) is 0 Å². The molecule has 46 heavy (non-hydrogen) atoms. The molecule has 0 aliphatic rings. The highest BCUT2D eigenvalue weighted by Gasteiger charge is 2.18. The summed E-state index contributed by atoms with van der Waals surface area (Å²) in [6, 6.07) is 47.7. The summed E-state index contributed by atoms with van der Waals surface area (Å²) >= 11 is 0. The lowest BCUT2D eigenvalue weighted by Gasteiger charge is -2.13. The van der Waals surface area contributed by atoms with Gasteiger partial charge in [-0.25, -0.2) is 15.0 Å². The number of furan rings is 1. The van der Waals surface area contributed by atoms with Gasteiger partial charge in [-0.15, -0.1) is 0 Å². The van der Waals surface area contributed by atoms with E-state index in [4.69, 9.17) is 19.4 Å². The first-order valence-electron chi connectivity index (χ1n) is 15.4. The first kappa shape index (κ1) is 27.4. The minimum atomic E-state index is 0.626. The van der Waals surface area contributed by atoms with Gasteiger partial charge in [0.1, 0.15) is 11.2 Å². The fourth-order valence-corrected chi connectivity index (χ4v) is 6.13. The summed E-state index contributed by atoms with van der Waals surface area (Å²) in [5.41, 5.74) is 7.96. The highest BCUT2D eigenvalue weighted by atomic mass is 16.3. The van der Waals surface area contributed by atoms with E-state index in [1.807, 2.05) is 79.7 Å². The normalized spacial score (nSPS) is 12.1. The van der Waals surface area contributed by atoms with Gasteiger partial charge >= 0.3 is 0 Å². The summed E-state index contributed by atoms with van der Waals surface area (Å²) in [4.78, 5) is 15.1. The van der Waals surface area contributed by atoms with Crippen molar-refractivity contribution in [1.82, 2.24) is 15.0 Å². The number of rotatable bonds is 6. The molecule has 0 aliphatic heterocycles. The number of aromatic nitrogens is 3. The number of hydrogen-bond acceptors (Lipinski definition) is 4. The molecule has 0 saturated heterocycles. The highest BCUT2D eigenvalue weighted by Crippen LogP contribution is 2.40. The molecular weight excluding hydrogens is 562 g/mol. The zero-order chi connectivity index (χ0) is 30.9. The number of benzene rings is 6. The van der Waals surface area contributed by atoms with Gasteiger partial charge in [-0.05, 0) is 46.5 Å². The van der Waals surface area contributed by atoms with Crippen molar-refractivity contribution in [1.29, 1.82) is 0 Å². The van der Waals surface area contributed by atoms with E-state index in [0.717, 1.165) is 66.1 Å². The van der Waals surface area contributed by atoms with Crippen LogP contribution < -0.4 is 0 Å². The molecule has 4 nitrogen and oxygen atoms in total. The van der Waals surface area contributed by atoms with E-state index in [1.54, 1.807) is 0 Å². The van der Waals surface area contributed by atoms with Crippen molar-refractivity contribution in [3.63, 3.8) is 0 Å². The van der Waals surface area contributed by atoms with E-state index >= 15 is 0 Å². The van der Waals surface area contributed by atoms with Crippen molar-refractivity contribution in [3.8, 4) is 33.9 Å². The molecule has 0 radical (unpaired) electrons. The Labute approximate surface area is 267 Å². The third-order valence-corrected chi connectivity index (χ3v) is 8.35. The molecule has 2 aromatic heterocycles. The minimum absolute atomic E-state index is 0.626. The van der Waals surface area contributed by atoms with Crippen LogP contribution in [0.3, 0.4) is 0 Å². The summed E-state index contributed by atoms with van der Waals surface area (Å²) in [6.45, 7) is 2.01. The van der Waals surface area contributed by atoms with Crippen molar-refractivity contribution < 1.29 is 4.42 Å². The van der Waals surface area contributed by atoms with Crippen molar-refractivity contribution in [3.05, 3.63) is 163 Å². The Hall–Kier alpha value is -6.13. The first-order chi connectivity index (χ1) is 22.8. The molecule has 6 aromatic carbocycles. The zero-order valence-corrected chi connectivity index (χ0v) is 25.3. The Kier molecular flexibility index (Phi) is 7.01. The molecule has 0 atom stereocenters. The van der Waals surface area contributed by atoms with Gasteiger partial charge in [0.2, 0.25) is 0 Å². The topological polar surface area (TPSA) is 51.8 Å². The summed E-state index contributed by atoms with van der Waals surface area (Å²) in [7, 11) is 0. The maximum absolute atomic E-state index is 6.23. The van der Waals surface area contributed by atoms with E-state index in [2.05, 4.69) is 84.9 Å². The Morgan fingerprint density at radius 3 is 1.93 bits per heavy atom. The molecule has 0 spiro atoms. The average Bonchev–Trinajstić information content (AvgIpc) is 3.51. The zero-order valence-electron chi connectivity index (χ0n) is 25.3. The molecular formula is C42H29N3O. The van der Waals surface area contributed by atoms with E-state index in [1.165, 1.54) is 0 Å². The van der Waals surface area contributed by atoms with Gasteiger partial charge in [0, 0.05) is 27.5 Å². The van der Waals surface area contributed by atoms with Gasteiger partial charge in [-0.1, -0.05) is 146 Å². The molecule has 0 N–H and O–H groups in total. The summed E-state index contributed by atoms with van der Waals surface area (Å²) in [5, 5.41) is 4.42. The van der Waals surface area contributed by atoms with Crippen molar-refractivity contribution >= 4 is 44.4 Å². The molecule has 0 aliphatic carbocycles. The monoisotopic (exact) mass is 591 g/mol. The number of allylic oxidation sites excluding steroid dienone is 3. The first-order valence-corrected chi connectivity index (χ1v) is 15.4. The van der Waals surface area contributed by atoms with Crippen LogP contribution >= 0.6 is 0 Å². The maximum Gasteiger partial charge on any atom is 0.164 e. The molecule has 8 rings (SSSR count). The van der Waals surface area contributed by atoms with Gasteiger partial charge in [-0.3, -0.25) is 0 Å². The smallest absolute Gasteiger partial charge is 0.164 e. The molecule has 0 unspecified atom stereocenters. The number of para-hydroxylation sites is 1. The van der Waals surface area contributed by atoms with Gasteiger partial charge in [-0.2, -0.15) is 0 Å². The second-order valence-electron chi connectivity index (χ2n) is 11.1. The molecule has 0 fully saturated rings. The molecule has 0 bridgehead atoms. The maximum atomic E-state index is 6.23. The Morgan fingerprint density at radius 1 is 0.522 bits per heavy atom. The summed E-state index contributed by atoms with van der Waals surface area (Å²) in [5.74, 6) is 1.89. The van der Waals surface area contributed by atoms with Crippen LogP contribution in [0.25, 0.3) is 78.3 Å². The largest absolute Gasteiger partial charge is 0.456 e. The SMILES string of the molecule is C/C=C(\C=C/c1ccccc1)c1nc(-c2ccccc2)nc(-c2cccc3c(-c4cccc5oc6ccccc6c45)cccc23)n1. The summed E-state index contributed by atoms with van der Waals surface area (Å²) < 4.78 is 6.23. The number of fused-ring (bicyclic) bond motifs is 4. The third kappa shape index (κ3) is 4.96. The second-order valence-corrected chi connectivity index (χ2v) is 11.1. The Balaban J connectivity index is 1.32. The van der Waals surface area contributed by atoms with Crippen molar-refractivity contribution in [2.45, 2.75) is 6.92 Å². The Bertz CT molecular complexity index is 2420. The third-order valence-electron chi connectivity index (χ3n) is 8.35. The molecule has 0 saturated carbocycles. The highest BCUT2D eigenvalue weighted by molar-refractivity contribution is 6.16. The van der Waals surface area contributed by atoms with Crippen LogP contribution in [0.1, 0.15) is 18.3 Å². The van der Waals surface area contributed by atoms with Crippen molar-refractivity contribution in [2.24, 2.45) is 0 Å². The average molecular weight is 592 g/mol. The van der Waals surface area contributed by atoms with Gasteiger partial charge in [0.05, 0.1) is 0 Å². The van der Waals surface area contributed by atoms with Crippen LogP contribution in [0, 0.1) is 0 Å². The van der Waals surface area contributed by atoms with E-state index < -0.39 is 0 Å². The molecule has 218 valence electrons. The van der Waals surface area contributed by atoms with E-state index in [0.29, 0.717) is 17.5 Å². The standard InChI is InChI=1S/C42H29N3O/c1-2-29(27-26-28-14-5-3-6-15-28)40-43-41(30-16-7-4-8-17-30)45-42(44-40)35-23-12-19-31-32(20-11-21-33(31)35)34-22-13-25-38-39(34)36-18-9-10-24-37(36)46-38/h2-27H,1H3/b27-26-,29-2+. The fraction of sp³-hybridized carbons (Fsp3) is 0.0238. The second kappa shape index (κ2) is 11.8. The van der Waals surface area contributed by atoms with Crippen LogP contribution in [0.2, 0.25) is 0 Å². The predicted molar refractivity (Wildman–Crippen MR) is 190 cm³/mol.